The first kappa shape index (κ1) is 17.3. The molecule has 0 aliphatic carbocycles. The van der Waals surface area contributed by atoms with E-state index < -0.39 is 18.0 Å². The van der Waals surface area contributed by atoms with Crippen LogP contribution in [-0.4, -0.2) is 60.1 Å². The minimum Gasteiger partial charge on any atom is -0.481 e. The molecule has 8 heteroatoms. The Kier molecular flexibility index (Phi) is 4.98. The molecule has 2 unspecified atom stereocenters. The number of hydrogen-bond donors (Lipinski definition) is 1. The second kappa shape index (κ2) is 7.18. The van der Waals surface area contributed by atoms with Crippen molar-refractivity contribution in [3.63, 3.8) is 0 Å². The van der Waals surface area contributed by atoms with Crippen molar-refractivity contribution in [1.29, 1.82) is 0 Å². The van der Waals surface area contributed by atoms with Crippen LogP contribution in [0.1, 0.15) is 12.8 Å². The molecule has 25 heavy (non-hydrogen) atoms. The van der Waals surface area contributed by atoms with Crippen LogP contribution in [0.2, 0.25) is 0 Å². The fourth-order valence-electron chi connectivity index (χ4n) is 3.24. The number of carbonyl (C=O) groups excluding carboxylic acids is 2. The zero-order valence-corrected chi connectivity index (χ0v) is 13.6. The highest BCUT2D eigenvalue weighted by atomic mass is 19.1. The third-order valence-corrected chi connectivity index (χ3v) is 4.49. The number of carboxylic acid groups (broad SMARTS) is 1. The van der Waals surface area contributed by atoms with Crippen LogP contribution in [0.15, 0.2) is 24.3 Å². The van der Waals surface area contributed by atoms with Gasteiger partial charge in [0.15, 0.2) is 0 Å². The molecule has 3 rings (SSSR count). The van der Waals surface area contributed by atoms with Gasteiger partial charge in [-0.25, -0.2) is 4.39 Å². The molecule has 0 bridgehead atoms. The number of benzene rings is 1. The van der Waals surface area contributed by atoms with Crippen molar-refractivity contribution >= 4 is 23.5 Å². The summed E-state index contributed by atoms with van der Waals surface area (Å²) in [5, 5.41) is 8.85. The van der Waals surface area contributed by atoms with Crippen LogP contribution < -0.4 is 4.90 Å². The van der Waals surface area contributed by atoms with Gasteiger partial charge in [-0.3, -0.25) is 14.4 Å². The Morgan fingerprint density at radius 2 is 1.96 bits per heavy atom. The van der Waals surface area contributed by atoms with Crippen LogP contribution >= 0.6 is 0 Å². The van der Waals surface area contributed by atoms with Gasteiger partial charge in [-0.2, -0.15) is 0 Å². The summed E-state index contributed by atoms with van der Waals surface area (Å²) in [6.45, 7) is 1.16. The van der Waals surface area contributed by atoms with Crippen molar-refractivity contribution in [3.05, 3.63) is 30.1 Å². The van der Waals surface area contributed by atoms with E-state index in [1.807, 2.05) is 0 Å². The number of carbonyl (C=O) groups is 3. The fraction of sp³-hybridized carbons (Fsp3) is 0.471. The van der Waals surface area contributed by atoms with Crippen molar-refractivity contribution in [2.75, 3.05) is 31.1 Å². The molecule has 2 aliphatic heterocycles. The van der Waals surface area contributed by atoms with Gasteiger partial charge in [0, 0.05) is 25.3 Å². The molecule has 2 heterocycles. The van der Waals surface area contributed by atoms with E-state index in [9.17, 15) is 18.8 Å². The summed E-state index contributed by atoms with van der Waals surface area (Å²) in [6, 6.07) is 5.57. The molecule has 2 amide bonds. The molecule has 2 aliphatic rings. The highest BCUT2D eigenvalue weighted by Crippen LogP contribution is 2.27. The number of nitrogens with zero attached hydrogens (tertiary/aromatic N) is 2. The van der Waals surface area contributed by atoms with E-state index in [0.717, 1.165) is 0 Å². The highest BCUT2D eigenvalue weighted by Gasteiger charge is 2.41. The zero-order valence-electron chi connectivity index (χ0n) is 13.6. The topological polar surface area (TPSA) is 87.2 Å². The molecule has 134 valence electrons. The van der Waals surface area contributed by atoms with Gasteiger partial charge in [-0.1, -0.05) is 0 Å². The lowest BCUT2D eigenvalue weighted by molar-refractivity contribution is -0.151. The lowest BCUT2D eigenvalue weighted by Gasteiger charge is -2.33. The number of halogens is 1. The first-order valence-corrected chi connectivity index (χ1v) is 8.15. The Morgan fingerprint density at radius 1 is 1.24 bits per heavy atom. The molecule has 7 nitrogen and oxygen atoms in total. The number of anilines is 1. The molecule has 2 fully saturated rings. The van der Waals surface area contributed by atoms with Crippen molar-refractivity contribution in [2.45, 2.75) is 18.9 Å². The summed E-state index contributed by atoms with van der Waals surface area (Å²) >= 11 is 0. The maximum atomic E-state index is 13.0. The largest absolute Gasteiger partial charge is 0.481 e. The smallest absolute Gasteiger partial charge is 0.306 e. The lowest BCUT2D eigenvalue weighted by Crippen LogP contribution is -2.49. The average Bonchev–Trinajstić information content (AvgIpc) is 2.96. The van der Waals surface area contributed by atoms with E-state index in [4.69, 9.17) is 9.84 Å². The number of aliphatic carboxylic acids is 1. The summed E-state index contributed by atoms with van der Waals surface area (Å²) in [5.74, 6) is -2.76. The van der Waals surface area contributed by atoms with Gasteiger partial charge in [0.2, 0.25) is 11.8 Å². The first-order chi connectivity index (χ1) is 12.0. The molecule has 0 aromatic heterocycles. The van der Waals surface area contributed by atoms with Gasteiger partial charge in [0.25, 0.3) is 0 Å². The van der Waals surface area contributed by atoms with E-state index in [1.165, 1.54) is 34.1 Å². The Labute approximate surface area is 144 Å². The second-order valence-corrected chi connectivity index (χ2v) is 6.18. The van der Waals surface area contributed by atoms with Crippen LogP contribution in [0.25, 0.3) is 0 Å². The first-order valence-electron chi connectivity index (χ1n) is 8.15. The van der Waals surface area contributed by atoms with Crippen LogP contribution in [0, 0.1) is 11.7 Å². The normalized spacial score (nSPS) is 23.8. The summed E-state index contributed by atoms with van der Waals surface area (Å²) in [6.07, 6.45) is -0.347. The summed E-state index contributed by atoms with van der Waals surface area (Å²) in [5.41, 5.74) is 0.562. The van der Waals surface area contributed by atoms with E-state index in [1.54, 1.807) is 0 Å². The zero-order chi connectivity index (χ0) is 18.0. The Balaban J connectivity index is 1.65. The second-order valence-electron chi connectivity index (χ2n) is 6.18. The molecule has 1 aromatic carbocycles. The quantitative estimate of drug-likeness (QED) is 0.815. The predicted molar refractivity (Wildman–Crippen MR) is 85.4 cm³/mol. The Morgan fingerprint density at radius 3 is 2.64 bits per heavy atom. The average molecular weight is 350 g/mol. The monoisotopic (exact) mass is 350 g/mol. The minimum absolute atomic E-state index is 0.172. The van der Waals surface area contributed by atoms with Crippen molar-refractivity contribution in [2.24, 2.45) is 5.92 Å². The molecular formula is C17H19FN2O5. The minimum atomic E-state index is -0.987. The molecule has 0 saturated carbocycles. The van der Waals surface area contributed by atoms with Gasteiger partial charge in [-0.05, 0) is 30.7 Å². The molecule has 1 aromatic rings. The van der Waals surface area contributed by atoms with Gasteiger partial charge < -0.3 is 19.6 Å². The SMILES string of the molecule is O=C(O)CC1CN(C(=O)C2CCN(c3ccc(F)cc3)C2=O)CCO1. The van der Waals surface area contributed by atoms with Crippen molar-refractivity contribution < 1.29 is 28.6 Å². The van der Waals surface area contributed by atoms with Crippen LogP contribution in [-0.2, 0) is 19.1 Å². The van der Waals surface area contributed by atoms with Crippen molar-refractivity contribution in [3.8, 4) is 0 Å². The van der Waals surface area contributed by atoms with E-state index in [-0.39, 0.29) is 37.2 Å². The van der Waals surface area contributed by atoms with E-state index in [2.05, 4.69) is 0 Å². The molecule has 1 N–H and O–H groups in total. The van der Waals surface area contributed by atoms with E-state index >= 15 is 0 Å². The number of rotatable bonds is 4. The van der Waals surface area contributed by atoms with Gasteiger partial charge in [-0.15, -0.1) is 0 Å². The van der Waals surface area contributed by atoms with E-state index in [0.29, 0.717) is 25.2 Å². The highest BCUT2D eigenvalue weighted by molar-refractivity contribution is 6.09. The summed E-state index contributed by atoms with van der Waals surface area (Å²) in [4.78, 5) is 39.1. The lowest BCUT2D eigenvalue weighted by atomic mass is 10.1. The summed E-state index contributed by atoms with van der Waals surface area (Å²) < 4.78 is 18.4. The number of morpholine rings is 1. The fourth-order valence-corrected chi connectivity index (χ4v) is 3.24. The molecular weight excluding hydrogens is 331 g/mol. The van der Waals surface area contributed by atoms with Gasteiger partial charge >= 0.3 is 5.97 Å². The standard InChI is InChI=1S/C17H19FN2O5/c18-11-1-3-12(4-2-11)20-6-5-14(17(20)24)16(23)19-7-8-25-13(10-19)9-15(21)22/h1-4,13-14H,5-10H2,(H,21,22). The van der Waals surface area contributed by atoms with Crippen molar-refractivity contribution in [1.82, 2.24) is 4.90 Å². The van der Waals surface area contributed by atoms with Gasteiger partial charge in [0.1, 0.15) is 11.7 Å². The molecule has 0 radical (unpaired) electrons. The Hall–Kier alpha value is -2.48. The van der Waals surface area contributed by atoms with Crippen LogP contribution in [0.3, 0.4) is 0 Å². The third kappa shape index (κ3) is 3.79. The third-order valence-electron chi connectivity index (χ3n) is 4.49. The molecule has 2 saturated heterocycles. The van der Waals surface area contributed by atoms with Crippen LogP contribution in [0.5, 0.6) is 0 Å². The number of hydrogen-bond acceptors (Lipinski definition) is 4. The summed E-state index contributed by atoms with van der Waals surface area (Å²) in [7, 11) is 0. The molecule has 2 atom stereocenters. The maximum absolute atomic E-state index is 13.0. The molecule has 0 spiro atoms. The van der Waals surface area contributed by atoms with Crippen LogP contribution in [0.4, 0.5) is 10.1 Å². The van der Waals surface area contributed by atoms with Gasteiger partial charge in [0.05, 0.1) is 19.1 Å². The Bertz CT molecular complexity index is 678. The predicted octanol–water partition coefficient (Wildman–Crippen LogP) is 0.881. The number of ether oxygens (including phenoxy) is 1. The number of amides is 2. The maximum Gasteiger partial charge on any atom is 0.306 e. The number of carboxylic acids is 1.